The number of nitrogens with two attached hydrogens (primary N) is 1. The largest absolute Gasteiger partial charge is 0.444 e. The van der Waals surface area contributed by atoms with E-state index >= 15 is 0 Å². The molecule has 13 nitrogen and oxygen atoms in total. The monoisotopic (exact) mass is 622 g/mol. The fraction of sp³-hybridized carbons (Fsp3) is 0.303. The number of nitrogens with zero attached hydrogens (tertiary/aromatic N) is 6. The molecular weight excluding hydrogens is 588 g/mol. The highest BCUT2D eigenvalue weighted by Crippen LogP contribution is 2.37. The van der Waals surface area contributed by atoms with Crippen molar-refractivity contribution in [3.63, 3.8) is 0 Å². The number of carbonyl (C=O) groups excluding carboxylic acids is 2. The van der Waals surface area contributed by atoms with Crippen molar-refractivity contribution in [3.8, 4) is 16.8 Å². The van der Waals surface area contributed by atoms with Gasteiger partial charge in [-0.2, -0.15) is 0 Å². The zero-order valence-electron chi connectivity index (χ0n) is 25.8. The highest BCUT2D eigenvalue weighted by molar-refractivity contribution is 6.05. The van der Waals surface area contributed by atoms with E-state index in [0.717, 1.165) is 11.1 Å². The van der Waals surface area contributed by atoms with Crippen LogP contribution in [0.2, 0.25) is 0 Å². The number of hydrogen-bond acceptors (Lipinski definition) is 8. The molecule has 236 valence electrons. The number of fused-ring (bicyclic) bond motifs is 2. The SMILES string of the molecule is CC(C)(C)OC(=O)N1CC(n2cc(-c3ccc(NC(=O)c4c5n(n(-c6ccccc6)c4=O)CCOC5)cc3)c3c(N)ncnc32)C1. The summed E-state index contributed by atoms with van der Waals surface area (Å²) in [6.07, 6.45) is 3.05. The van der Waals surface area contributed by atoms with Crippen LogP contribution in [0.3, 0.4) is 0 Å². The molecule has 0 radical (unpaired) electrons. The third-order valence-electron chi connectivity index (χ3n) is 8.16. The van der Waals surface area contributed by atoms with Crippen LogP contribution in [-0.2, 0) is 22.6 Å². The van der Waals surface area contributed by atoms with Gasteiger partial charge in [-0.15, -0.1) is 0 Å². The van der Waals surface area contributed by atoms with Crippen LogP contribution in [0.4, 0.5) is 16.3 Å². The molecule has 3 N–H and O–H groups in total. The van der Waals surface area contributed by atoms with Gasteiger partial charge >= 0.3 is 6.09 Å². The molecule has 46 heavy (non-hydrogen) atoms. The number of rotatable bonds is 5. The Labute approximate surface area is 264 Å². The number of benzene rings is 2. The van der Waals surface area contributed by atoms with Crippen LogP contribution >= 0.6 is 0 Å². The summed E-state index contributed by atoms with van der Waals surface area (Å²) < 4.78 is 16.5. The van der Waals surface area contributed by atoms with Gasteiger partial charge in [0.1, 0.15) is 29.0 Å². The van der Waals surface area contributed by atoms with Crippen LogP contribution in [0.5, 0.6) is 0 Å². The molecule has 7 rings (SSSR count). The lowest BCUT2D eigenvalue weighted by molar-refractivity contribution is 0.00151. The standard InChI is InChI=1S/C33H34N8O5/c1-33(2,3)46-32(44)38-15-23(16-38)39-17-24(26-28(34)35-19-36-29(26)39)20-9-11-21(12-10-20)37-30(42)27-25-18-45-14-13-40(25)41(31(27)43)22-7-5-4-6-8-22/h4-12,17,19,23H,13-16,18H2,1-3H3,(H,37,42)(H2,34,35,36). The van der Waals surface area contributed by atoms with Gasteiger partial charge in [0.2, 0.25) is 0 Å². The molecule has 2 aromatic carbocycles. The average Bonchev–Trinajstić information content (AvgIpc) is 3.52. The second kappa shape index (κ2) is 11.2. The van der Waals surface area contributed by atoms with Gasteiger partial charge in [-0.3, -0.25) is 14.3 Å². The molecule has 1 saturated heterocycles. The fourth-order valence-corrected chi connectivity index (χ4v) is 5.98. The Bertz CT molecular complexity index is 2020. The number of likely N-dealkylation sites (tertiary alicyclic amines) is 1. The molecule has 2 aliphatic rings. The van der Waals surface area contributed by atoms with Crippen LogP contribution in [-0.4, -0.2) is 66.1 Å². The summed E-state index contributed by atoms with van der Waals surface area (Å²) in [7, 11) is 0. The lowest BCUT2D eigenvalue weighted by Gasteiger charge is -2.40. The molecule has 13 heteroatoms. The topological polar surface area (TPSA) is 152 Å². The van der Waals surface area contributed by atoms with E-state index < -0.39 is 17.1 Å². The van der Waals surface area contributed by atoms with Crippen molar-refractivity contribution in [2.45, 2.75) is 45.6 Å². The van der Waals surface area contributed by atoms with Crippen molar-refractivity contribution in [1.29, 1.82) is 0 Å². The van der Waals surface area contributed by atoms with Crippen molar-refractivity contribution in [1.82, 2.24) is 28.8 Å². The fourth-order valence-electron chi connectivity index (χ4n) is 5.98. The van der Waals surface area contributed by atoms with Gasteiger partial charge in [0.05, 0.1) is 42.6 Å². The van der Waals surface area contributed by atoms with E-state index in [-0.39, 0.29) is 24.3 Å². The first kappa shape index (κ1) is 29.3. The minimum absolute atomic E-state index is 0.00566. The minimum Gasteiger partial charge on any atom is -0.444 e. The smallest absolute Gasteiger partial charge is 0.410 e. The van der Waals surface area contributed by atoms with Crippen LogP contribution in [0, 0.1) is 0 Å². The first-order valence-corrected chi connectivity index (χ1v) is 15.1. The van der Waals surface area contributed by atoms with Crippen molar-refractivity contribution in [3.05, 3.63) is 88.7 Å². The number of nitrogens with one attached hydrogen (secondary N) is 1. The molecule has 3 aromatic heterocycles. The summed E-state index contributed by atoms with van der Waals surface area (Å²) in [5.41, 5.74) is 9.51. The van der Waals surface area contributed by atoms with Crippen LogP contribution in [0.15, 0.2) is 71.9 Å². The van der Waals surface area contributed by atoms with Gasteiger partial charge in [-0.1, -0.05) is 30.3 Å². The quantitative estimate of drug-likeness (QED) is 0.296. The molecule has 0 unspecified atom stereocenters. The van der Waals surface area contributed by atoms with E-state index in [1.54, 1.807) is 17.0 Å². The van der Waals surface area contributed by atoms with E-state index in [4.69, 9.17) is 15.2 Å². The van der Waals surface area contributed by atoms with Crippen LogP contribution < -0.4 is 16.6 Å². The Morgan fingerprint density at radius 3 is 2.50 bits per heavy atom. The number of nitrogen functional groups attached to an aromatic ring is 1. The molecule has 0 bridgehead atoms. The predicted molar refractivity (Wildman–Crippen MR) is 172 cm³/mol. The maximum atomic E-state index is 13.6. The van der Waals surface area contributed by atoms with Crippen molar-refractivity contribution >= 4 is 34.5 Å². The zero-order chi connectivity index (χ0) is 32.2. The van der Waals surface area contributed by atoms with E-state index in [0.29, 0.717) is 60.2 Å². The van der Waals surface area contributed by atoms with Gasteiger partial charge in [-0.25, -0.2) is 19.4 Å². The molecule has 1 fully saturated rings. The van der Waals surface area contributed by atoms with Crippen molar-refractivity contribution in [2.75, 3.05) is 30.7 Å². The third-order valence-corrected chi connectivity index (χ3v) is 8.16. The number of amides is 2. The number of ether oxygens (including phenoxy) is 2. The number of carbonyl (C=O) groups is 2. The predicted octanol–water partition coefficient (Wildman–Crippen LogP) is 4.21. The van der Waals surface area contributed by atoms with E-state index in [1.165, 1.54) is 11.0 Å². The van der Waals surface area contributed by atoms with Crippen molar-refractivity contribution in [2.24, 2.45) is 0 Å². The Morgan fingerprint density at radius 1 is 1.04 bits per heavy atom. The summed E-state index contributed by atoms with van der Waals surface area (Å²) >= 11 is 0. The Morgan fingerprint density at radius 2 is 1.78 bits per heavy atom. The first-order valence-electron chi connectivity index (χ1n) is 15.1. The van der Waals surface area contributed by atoms with Crippen molar-refractivity contribution < 1.29 is 19.1 Å². The van der Waals surface area contributed by atoms with E-state index in [9.17, 15) is 14.4 Å². The lowest BCUT2D eigenvalue weighted by Crippen LogP contribution is -2.52. The molecule has 2 amide bonds. The summed E-state index contributed by atoms with van der Waals surface area (Å²) in [4.78, 5) is 50.0. The maximum Gasteiger partial charge on any atom is 0.410 e. The Hall–Kier alpha value is -5.43. The van der Waals surface area contributed by atoms with Gasteiger partial charge in [-0.05, 0) is 50.6 Å². The minimum atomic E-state index is -0.569. The second-order valence-electron chi connectivity index (χ2n) is 12.4. The first-order chi connectivity index (χ1) is 22.1. The molecule has 0 aliphatic carbocycles. The van der Waals surface area contributed by atoms with Gasteiger partial charge < -0.3 is 30.0 Å². The molecule has 5 aromatic rings. The van der Waals surface area contributed by atoms with E-state index in [2.05, 4.69) is 15.3 Å². The third kappa shape index (κ3) is 5.17. The molecular formula is C33H34N8O5. The molecule has 5 heterocycles. The summed E-state index contributed by atoms with van der Waals surface area (Å²) in [6, 6.07) is 16.5. The van der Waals surface area contributed by atoms with Crippen LogP contribution in [0.1, 0.15) is 42.9 Å². The van der Waals surface area contributed by atoms with Gasteiger partial charge in [0.15, 0.2) is 0 Å². The number of aromatic nitrogens is 5. The summed E-state index contributed by atoms with van der Waals surface area (Å²) in [5, 5.41) is 3.59. The van der Waals surface area contributed by atoms with E-state index in [1.807, 2.05) is 78.7 Å². The second-order valence-corrected chi connectivity index (χ2v) is 12.4. The summed E-state index contributed by atoms with van der Waals surface area (Å²) in [5.74, 6) is -0.162. The number of anilines is 2. The average molecular weight is 623 g/mol. The number of para-hydroxylation sites is 1. The van der Waals surface area contributed by atoms with Gasteiger partial charge in [0.25, 0.3) is 11.5 Å². The zero-order valence-corrected chi connectivity index (χ0v) is 25.8. The normalized spacial score (nSPS) is 15.0. The molecule has 0 saturated carbocycles. The summed E-state index contributed by atoms with van der Waals surface area (Å²) in [6.45, 7) is 7.56. The molecule has 2 aliphatic heterocycles. The van der Waals surface area contributed by atoms with Crippen LogP contribution in [0.25, 0.3) is 27.8 Å². The Balaban J connectivity index is 1.14. The number of hydrogen-bond donors (Lipinski definition) is 2. The lowest BCUT2D eigenvalue weighted by atomic mass is 10.1. The maximum absolute atomic E-state index is 13.6. The highest BCUT2D eigenvalue weighted by atomic mass is 16.6. The Kier molecular flexibility index (Phi) is 7.12. The molecule has 0 spiro atoms. The van der Waals surface area contributed by atoms with Gasteiger partial charge in [0, 0.05) is 30.5 Å². The highest BCUT2D eigenvalue weighted by Gasteiger charge is 2.36. The molecule has 0 atom stereocenters.